The maximum absolute atomic E-state index is 13.6. The number of carbonyl (C=O) groups is 1. The number of aromatic nitrogens is 1. The van der Waals surface area contributed by atoms with Crippen molar-refractivity contribution in [3.8, 4) is 0 Å². The van der Waals surface area contributed by atoms with Crippen molar-refractivity contribution in [3.05, 3.63) is 75.3 Å². The van der Waals surface area contributed by atoms with Gasteiger partial charge in [0.15, 0.2) is 0 Å². The number of benzene rings is 2. The molecule has 2 aromatic carbocycles. The summed E-state index contributed by atoms with van der Waals surface area (Å²) in [6, 6.07) is 9.70. The Morgan fingerprint density at radius 1 is 1.16 bits per heavy atom. The molecule has 4 nitrogen and oxygen atoms in total. The van der Waals surface area contributed by atoms with E-state index in [0.29, 0.717) is 17.7 Å². The van der Waals surface area contributed by atoms with Crippen LogP contribution in [0.15, 0.2) is 47.4 Å². The third kappa shape index (κ3) is 3.18. The van der Waals surface area contributed by atoms with Gasteiger partial charge in [-0.3, -0.25) is 9.59 Å². The van der Waals surface area contributed by atoms with E-state index in [2.05, 4.69) is 5.32 Å². The molecule has 1 aromatic heterocycles. The number of hydrogen-bond donors (Lipinski definition) is 1. The summed E-state index contributed by atoms with van der Waals surface area (Å²) in [5.74, 6) is -0.996. The molecule has 1 heterocycles. The zero-order valence-electron chi connectivity index (χ0n) is 14.4. The Balaban J connectivity index is 2.10. The molecule has 0 atom stereocenters. The number of nitrogens with zero attached hydrogens (tertiary/aromatic N) is 1. The van der Waals surface area contributed by atoms with Crippen LogP contribution in [0, 0.1) is 19.7 Å². The Labute approximate surface area is 144 Å². The summed E-state index contributed by atoms with van der Waals surface area (Å²) in [6.07, 6.45) is 1.53. The SMILES string of the molecule is CCn1cc(C(=O)Nc2ccc(C)cc2C)c(=O)c2cc(F)ccc21. The third-order valence-electron chi connectivity index (χ3n) is 4.26. The highest BCUT2D eigenvalue weighted by Crippen LogP contribution is 2.18. The molecule has 0 radical (unpaired) electrons. The molecule has 0 aliphatic rings. The fourth-order valence-corrected chi connectivity index (χ4v) is 2.94. The Morgan fingerprint density at radius 2 is 1.92 bits per heavy atom. The van der Waals surface area contributed by atoms with Gasteiger partial charge in [0, 0.05) is 23.8 Å². The summed E-state index contributed by atoms with van der Waals surface area (Å²) < 4.78 is 15.3. The molecule has 0 fully saturated rings. The van der Waals surface area contributed by atoms with Crippen molar-refractivity contribution in [2.45, 2.75) is 27.3 Å². The van der Waals surface area contributed by atoms with Crippen molar-refractivity contribution in [1.82, 2.24) is 4.57 Å². The van der Waals surface area contributed by atoms with Gasteiger partial charge in [0.1, 0.15) is 11.4 Å². The highest BCUT2D eigenvalue weighted by Gasteiger charge is 2.16. The number of amides is 1. The molecule has 0 aliphatic heterocycles. The average molecular weight is 338 g/mol. The minimum Gasteiger partial charge on any atom is -0.347 e. The molecular formula is C20H19FN2O2. The number of fused-ring (bicyclic) bond motifs is 1. The van der Waals surface area contributed by atoms with Crippen LogP contribution in [0.4, 0.5) is 10.1 Å². The number of halogens is 1. The van der Waals surface area contributed by atoms with Crippen LogP contribution >= 0.6 is 0 Å². The Hall–Kier alpha value is -2.95. The average Bonchev–Trinajstić information content (AvgIpc) is 2.58. The lowest BCUT2D eigenvalue weighted by Gasteiger charge is -2.13. The van der Waals surface area contributed by atoms with Crippen molar-refractivity contribution in [1.29, 1.82) is 0 Å². The fraction of sp³-hybridized carbons (Fsp3) is 0.200. The molecule has 0 bridgehead atoms. The van der Waals surface area contributed by atoms with Crippen LogP contribution in [0.25, 0.3) is 10.9 Å². The molecule has 0 aliphatic carbocycles. The van der Waals surface area contributed by atoms with Crippen LogP contribution < -0.4 is 10.7 Å². The number of pyridine rings is 1. The van der Waals surface area contributed by atoms with E-state index in [9.17, 15) is 14.0 Å². The topological polar surface area (TPSA) is 51.1 Å². The molecule has 25 heavy (non-hydrogen) atoms. The predicted molar refractivity (Wildman–Crippen MR) is 97.7 cm³/mol. The molecule has 3 rings (SSSR count). The second-order valence-electron chi connectivity index (χ2n) is 6.09. The van der Waals surface area contributed by atoms with Crippen molar-refractivity contribution in [2.24, 2.45) is 0 Å². The van der Waals surface area contributed by atoms with Gasteiger partial charge in [-0.1, -0.05) is 17.7 Å². The molecule has 0 unspecified atom stereocenters. The summed E-state index contributed by atoms with van der Waals surface area (Å²) >= 11 is 0. The Bertz CT molecular complexity index is 1040. The van der Waals surface area contributed by atoms with Gasteiger partial charge in [-0.2, -0.15) is 0 Å². The number of anilines is 1. The predicted octanol–water partition coefficient (Wildman–Crippen LogP) is 4.03. The first-order chi connectivity index (χ1) is 11.9. The number of hydrogen-bond acceptors (Lipinski definition) is 2. The largest absolute Gasteiger partial charge is 0.347 e. The Morgan fingerprint density at radius 3 is 2.60 bits per heavy atom. The van der Waals surface area contributed by atoms with E-state index >= 15 is 0 Å². The van der Waals surface area contributed by atoms with E-state index in [-0.39, 0.29) is 10.9 Å². The van der Waals surface area contributed by atoms with E-state index in [0.717, 1.165) is 11.1 Å². The van der Waals surface area contributed by atoms with Gasteiger partial charge in [-0.05, 0) is 50.6 Å². The second kappa shape index (κ2) is 6.51. The number of carbonyl (C=O) groups excluding carboxylic acids is 1. The summed E-state index contributed by atoms with van der Waals surface area (Å²) in [7, 11) is 0. The van der Waals surface area contributed by atoms with Gasteiger partial charge < -0.3 is 9.88 Å². The monoisotopic (exact) mass is 338 g/mol. The van der Waals surface area contributed by atoms with Crippen LogP contribution in [0.3, 0.4) is 0 Å². The molecule has 0 saturated carbocycles. The van der Waals surface area contributed by atoms with Gasteiger partial charge in [0.05, 0.1) is 5.52 Å². The Kier molecular flexibility index (Phi) is 4.40. The van der Waals surface area contributed by atoms with Gasteiger partial charge >= 0.3 is 0 Å². The van der Waals surface area contributed by atoms with Gasteiger partial charge in [0.25, 0.3) is 5.91 Å². The number of aryl methyl sites for hydroxylation is 3. The van der Waals surface area contributed by atoms with E-state index in [1.165, 1.54) is 18.3 Å². The number of rotatable bonds is 3. The highest BCUT2D eigenvalue weighted by molar-refractivity contribution is 6.06. The quantitative estimate of drug-likeness (QED) is 0.784. The van der Waals surface area contributed by atoms with Crippen LogP contribution in [0.1, 0.15) is 28.4 Å². The zero-order valence-corrected chi connectivity index (χ0v) is 14.4. The van der Waals surface area contributed by atoms with Crippen molar-refractivity contribution < 1.29 is 9.18 Å². The van der Waals surface area contributed by atoms with Gasteiger partial charge in [-0.25, -0.2) is 4.39 Å². The lowest BCUT2D eigenvalue weighted by Crippen LogP contribution is -2.24. The normalized spacial score (nSPS) is 10.9. The smallest absolute Gasteiger partial charge is 0.261 e. The molecule has 3 aromatic rings. The molecular weight excluding hydrogens is 319 g/mol. The molecule has 1 N–H and O–H groups in total. The number of nitrogens with one attached hydrogen (secondary N) is 1. The lowest BCUT2D eigenvalue weighted by molar-refractivity contribution is 0.102. The van der Waals surface area contributed by atoms with Crippen LogP contribution in [0.5, 0.6) is 0 Å². The minimum absolute atomic E-state index is 0.0000694. The van der Waals surface area contributed by atoms with Gasteiger partial charge in [-0.15, -0.1) is 0 Å². The summed E-state index contributed by atoms with van der Waals surface area (Å²) in [5, 5.41) is 2.98. The minimum atomic E-state index is -0.501. The molecule has 0 spiro atoms. The van der Waals surface area contributed by atoms with Crippen LogP contribution in [-0.4, -0.2) is 10.5 Å². The first-order valence-corrected chi connectivity index (χ1v) is 8.12. The fourth-order valence-electron chi connectivity index (χ4n) is 2.94. The van der Waals surface area contributed by atoms with Crippen molar-refractivity contribution in [3.63, 3.8) is 0 Å². The first kappa shape index (κ1) is 16.9. The van der Waals surface area contributed by atoms with E-state index in [1.54, 1.807) is 10.6 Å². The maximum Gasteiger partial charge on any atom is 0.261 e. The summed E-state index contributed by atoms with van der Waals surface area (Å²) in [5.41, 5.74) is 2.79. The van der Waals surface area contributed by atoms with Crippen LogP contribution in [0.2, 0.25) is 0 Å². The van der Waals surface area contributed by atoms with E-state index < -0.39 is 17.2 Å². The molecule has 5 heteroatoms. The van der Waals surface area contributed by atoms with Gasteiger partial charge in [0.2, 0.25) is 5.43 Å². The third-order valence-corrected chi connectivity index (χ3v) is 4.26. The zero-order chi connectivity index (χ0) is 18.1. The van der Waals surface area contributed by atoms with Crippen molar-refractivity contribution >= 4 is 22.5 Å². The van der Waals surface area contributed by atoms with Crippen molar-refractivity contribution in [2.75, 3.05) is 5.32 Å². The van der Waals surface area contributed by atoms with E-state index in [4.69, 9.17) is 0 Å². The first-order valence-electron chi connectivity index (χ1n) is 8.12. The second-order valence-corrected chi connectivity index (χ2v) is 6.09. The standard InChI is InChI=1S/C20H19FN2O2/c1-4-23-11-16(19(24)15-10-14(21)6-8-18(15)23)20(25)22-17-7-5-12(2)9-13(17)3/h5-11H,4H2,1-3H3,(H,22,25). The molecule has 0 saturated heterocycles. The van der Waals surface area contributed by atoms with E-state index in [1.807, 2.05) is 39.0 Å². The maximum atomic E-state index is 13.6. The highest BCUT2D eigenvalue weighted by atomic mass is 19.1. The summed E-state index contributed by atoms with van der Waals surface area (Å²) in [4.78, 5) is 25.3. The lowest BCUT2D eigenvalue weighted by atomic mass is 10.1. The summed E-state index contributed by atoms with van der Waals surface area (Å²) in [6.45, 7) is 6.32. The molecule has 128 valence electrons. The van der Waals surface area contributed by atoms with Crippen LogP contribution in [-0.2, 0) is 6.54 Å². The molecule has 1 amide bonds.